The predicted molar refractivity (Wildman–Crippen MR) is 123 cm³/mol. The lowest BCUT2D eigenvalue weighted by molar-refractivity contribution is 0.0789. The minimum Gasteiger partial charge on any atom is -0.486 e. The van der Waals surface area contributed by atoms with Crippen LogP contribution in [-0.2, 0) is 16.6 Å². The number of ether oxygens (including phenoxy) is 2. The average Bonchev–Trinajstić information content (AvgIpc) is 2.81. The maximum absolute atomic E-state index is 14.1. The molecule has 7 nitrogen and oxygen atoms in total. The summed E-state index contributed by atoms with van der Waals surface area (Å²) in [6, 6.07) is 19.4. The molecule has 3 aromatic carbocycles. The molecule has 1 amide bonds. The van der Waals surface area contributed by atoms with E-state index in [2.05, 4.69) is 5.32 Å². The van der Waals surface area contributed by atoms with E-state index in [1.165, 1.54) is 36.4 Å². The predicted octanol–water partition coefficient (Wildman–Crippen LogP) is 3.36. The van der Waals surface area contributed by atoms with Crippen LogP contribution in [0.1, 0.15) is 15.9 Å². The lowest BCUT2D eigenvalue weighted by atomic mass is 10.1. The first-order chi connectivity index (χ1) is 15.8. The lowest BCUT2D eigenvalue weighted by Crippen LogP contribution is -2.40. The standard InChI is InChI=1S/C24H23FN2O5S/c1-33(29,30)27(15-18-6-2-3-7-21(18)25)19-12-10-17(11-13-19)24(28)26-14-20-16-31-22-8-4-5-9-23(22)32-20/h2-13,20H,14-16H2,1H3,(H,26,28). The molecular weight excluding hydrogens is 447 g/mol. The van der Waals surface area contributed by atoms with Crippen molar-refractivity contribution in [2.24, 2.45) is 0 Å². The third-order valence-electron chi connectivity index (χ3n) is 5.15. The number of sulfonamides is 1. The summed E-state index contributed by atoms with van der Waals surface area (Å²) in [5.41, 5.74) is 0.939. The van der Waals surface area contributed by atoms with Gasteiger partial charge in [0.25, 0.3) is 5.91 Å². The smallest absolute Gasteiger partial charge is 0.251 e. The van der Waals surface area contributed by atoms with Crippen molar-refractivity contribution in [2.75, 3.05) is 23.7 Å². The Kier molecular flexibility index (Phi) is 6.50. The number of benzene rings is 3. The fourth-order valence-electron chi connectivity index (χ4n) is 3.43. The van der Waals surface area contributed by atoms with E-state index in [1.807, 2.05) is 18.2 Å². The van der Waals surface area contributed by atoms with E-state index in [0.717, 1.165) is 10.6 Å². The van der Waals surface area contributed by atoms with Crippen LogP contribution in [0.25, 0.3) is 0 Å². The number of nitrogens with one attached hydrogen (secondary N) is 1. The Balaban J connectivity index is 1.41. The van der Waals surface area contributed by atoms with Crippen molar-refractivity contribution in [3.05, 3.63) is 89.7 Å². The number of hydrogen-bond donors (Lipinski definition) is 1. The van der Waals surface area contributed by atoms with Crippen molar-refractivity contribution >= 4 is 21.6 Å². The Morgan fingerprint density at radius 3 is 2.39 bits per heavy atom. The Labute approximate surface area is 191 Å². The molecule has 1 unspecified atom stereocenters. The van der Waals surface area contributed by atoms with Crippen LogP contribution in [0.2, 0.25) is 0 Å². The summed E-state index contributed by atoms with van der Waals surface area (Å²) in [4.78, 5) is 12.6. The SMILES string of the molecule is CS(=O)(=O)N(Cc1ccccc1F)c1ccc(C(=O)NCC2COc3ccccc3O2)cc1. The molecule has 0 fully saturated rings. The first kappa shape index (κ1) is 22.6. The number of carbonyl (C=O) groups is 1. The summed E-state index contributed by atoms with van der Waals surface area (Å²) in [6.45, 7) is 0.408. The molecule has 0 aromatic heterocycles. The topological polar surface area (TPSA) is 84.9 Å². The molecule has 172 valence electrons. The van der Waals surface area contributed by atoms with Crippen molar-refractivity contribution in [1.29, 1.82) is 0 Å². The van der Waals surface area contributed by atoms with E-state index >= 15 is 0 Å². The van der Waals surface area contributed by atoms with Gasteiger partial charge in [-0.15, -0.1) is 0 Å². The zero-order chi connectivity index (χ0) is 23.4. The van der Waals surface area contributed by atoms with E-state index < -0.39 is 15.8 Å². The summed E-state index contributed by atoms with van der Waals surface area (Å²) in [5.74, 6) is 0.479. The highest BCUT2D eigenvalue weighted by atomic mass is 32.2. The Morgan fingerprint density at radius 1 is 1.03 bits per heavy atom. The summed E-state index contributed by atoms with van der Waals surface area (Å²) >= 11 is 0. The number of amides is 1. The molecule has 33 heavy (non-hydrogen) atoms. The fraction of sp³-hybridized carbons (Fsp3) is 0.208. The first-order valence-electron chi connectivity index (χ1n) is 10.3. The average molecular weight is 471 g/mol. The molecule has 1 aliphatic rings. The number of hydrogen-bond acceptors (Lipinski definition) is 5. The van der Waals surface area contributed by atoms with E-state index in [0.29, 0.717) is 29.4 Å². The fourth-order valence-corrected chi connectivity index (χ4v) is 4.31. The summed E-state index contributed by atoms with van der Waals surface area (Å²) in [7, 11) is -3.68. The van der Waals surface area contributed by atoms with Crippen LogP contribution in [0, 0.1) is 5.82 Å². The van der Waals surface area contributed by atoms with Gasteiger partial charge in [-0.25, -0.2) is 12.8 Å². The van der Waals surface area contributed by atoms with Gasteiger partial charge in [0.05, 0.1) is 25.0 Å². The highest BCUT2D eigenvalue weighted by molar-refractivity contribution is 7.92. The summed E-state index contributed by atoms with van der Waals surface area (Å²) < 4.78 is 51.3. The van der Waals surface area contributed by atoms with Gasteiger partial charge in [0.15, 0.2) is 11.5 Å². The summed E-state index contributed by atoms with van der Waals surface area (Å²) in [5, 5.41) is 2.80. The normalized spacial score (nSPS) is 15.0. The molecule has 1 heterocycles. The molecule has 0 saturated carbocycles. The molecule has 0 bridgehead atoms. The van der Waals surface area contributed by atoms with Crippen molar-refractivity contribution in [3.8, 4) is 11.5 Å². The number of rotatable bonds is 7. The van der Waals surface area contributed by atoms with E-state index in [1.54, 1.807) is 18.2 Å². The van der Waals surface area contributed by atoms with Crippen LogP contribution in [0.5, 0.6) is 11.5 Å². The molecule has 4 rings (SSSR count). The molecule has 1 atom stereocenters. The third-order valence-corrected chi connectivity index (χ3v) is 6.29. The second-order valence-electron chi connectivity index (χ2n) is 7.62. The van der Waals surface area contributed by atoms with Gasteiger partial charge in [0.2, 0.25) is 10.0 Å². The zero-order valence-electron chi connectivity index (χ0n) is 17.9. The molecule has 0 spiro atoms. The monoisotopic (exact) mass is 470 g/mol. The zero-order valence-corrected chi connectivity index (χ0v) is 18.7. The quantitative estimate of drug-likeness (QED) is 0.573. The second-order valence-corrected chi connectivity index (χ2v) is 9.52. The van der Waals surface area contributed by atoms with Gasteiger partial charge in [0, 0.05) is 11.1 Å². The van der Waals surface area contributed by atoms with Gasteiger partial charge in [-0.1, -0.05) is 30.3 Å². The molecule has 0 saturated heterocycles. The largest absolute Gasteiger partial charge is 0.486 e. The van der Waals surface area contributed by atoms with Crippen LogP contribution in [0.4, 0.5) is 10.1 Å². The Hall–Kier alpha value is -3.59. The molecule has 3 aromatic rings. The second kappa shape index (κ2) is 9.50. The van der Waals surface area contributed by atoms with Crippen molar-refractivity contribution < 1.29 is 27.1 Å². The van der Waals surface area contributed by atoms with Gasteiger partial charge in [-0.2, -0.15) is 0 Å². The van der Waals surface area contributed by atoms with Gasteiger partial charge in [-0.3, -0.25) is 9.10 Å². The van der Waals surface area contributed by atoms with Crippen LogP contribution in [0.15, 0.2) is 72.8 Å². The molecule has 1 N–H and O–H groups in total. The van der Waals surface area contributed by atoms with Gasteiger partial charge in [0.1, 0.15) is 18.5 Å². The highest BCUT2D eigenvalue weighted by Crippen LogP contribution is 2.30. The van der Waals surface area contributed by atoms with Crippen molar-refractivity contribution in [3.63, 3.8) is 0 Å². The van der Waals surface area contributed by atoms with Crippen molar-refractivity contribution in [2.45, 2.75) is 12.6 Å². The van der Waals surface area contributed by atoms with Gasteiger partial charge in [-0.05, 0) is 42.5 Å². The Morgan fingerprint density at radius 2 is 1.70 bits per heavy atom. The minimum atomic E-state index is -3.68. The first-order valence-corrected chi connectivity index (χ1v) is 12.1. The third kappa shape index (κ3) is 5.43. The summed E-state index contributed by atoms with van der Waals surface area (Å²) in [6.07, 6.45) is 0.725. The number of nitrogens with zero attached hydrogens (tertiary/aromatic N) is 1. The Bertz CT molecular complexity index is 1250. The lowest BCUT2D eigenvalue weighted by Gasteiger charge is -2.26. The minimum absolute atomic E-state index is 0.155. The highest BCUT2D eigenvalue weighted by Gasteiger charge is 2.22. The number of halogens is 1. The van der Waals surface area contributed by atoms with E-state index in [9.17, 15) is 17.6 Å². The number of para-hydroxylation sites is 2. The van der Waals surface area contributed by atoms with Crippen molar-refractivity contribution in [1.82, 2.24) is 5.32 Å². The van der Waals surface area contributed by atoms with E-state index in [4.69, 9.17) is 9.47 Å². The molecule has 1 aliphatic heterocycles. The maximum atomic E-state index is 14.1. The van der Waals surface area contributed by atoms with Gasteiger partial charge < -0.3 is 14.8 Å². The molecule has 0 radical (unpaired) electrons. The number of anilines is 1. The molecule has 0 aliphatic carbocycles. The van der Waals surface area contributed by atoms with Crippen LogP contribution in [0.3, 0.4) is 0 Å². The van der Waals surface area contributed by atoms with Crippen LogP contribution >= 0.6 is 0 Å². The van der Waals surface area contributed by atoms with Crippen LogP contribution in [-0.4, -0.2) is 39.8 Å². The molecular formula is C24H23FN2O5S. The molecule has 9 heteroatoms. The van der Waals surface area contributed by atoms with E-state index in [-0.39, 0.29) is 30.7 Å². The number of fused-ring (bicyclic) bond motifs is 1. The maximum Gasteiger partial charge on any atom is 0.251 e. The van der Waals surface area contributed by atoms with Gasteiger partial charge >= 0.3 is 0 Å². The number of carbonyl (C=O) groups excluding carboxylic acids is 1. The van der Waals surface area contributed by atoms with Crippen LogP contribution < -0.4 is 19.1 Å².